The topological polar surface area (TPSA) is 95.9 Å². The van der Waals surface area contributed by atoms with Gasteiger partial charge in [0.1, 0.15) is 5.75 Å². The highest BCUT2D eigenvalue weighted by Crippen LogP contribution is 2.44. The van der Waals surface area contributed by atoms with Crippen molar-refractivity contribution in [1.29, 1.82) is 0 Å². The van der Waals surface area contributed by atoms with E-state index in [2.05, 4.69) is 5.32 Å². The Kier molecular flexibility index (Phi) is 8.58. The highest BCUT2D eigenvalue weighted by molar-refractivity contribution is 7.88. The molecular formula is C28H42N2O5S. The third-order valence-corrected chi connectivity index (χ3v) is 6.97. The molecule has 200 valence electrons. The maximum absolute atomic E-state index is 13.9. The first-order valence-electron chi connectivity index (χ1n) is 12.2. The molecule has 8 heteroatoms. The standard InChI is InChI=1S/C28H42N2O5S/c1-17(2)20-13-12-14-21(18(3)4)24(20)29-26(31)30(36(32,33)34)25-22(27(5,6)7)15-19(35-11)16-23(25)28(8,9)10/h12-18H,1-11H3,(H,29,31)(H,32,33,34). The molecule has 0 saturated heterocycles. The van der Waals surface area contributed by atoms with Gasteiger partial charge in [-0.25, -0.2) is 4.79 Å². The first-order chi connectivity index (χ1) is 16.3. The van der Waals surface area contributed by atoms with E-state index in [1.807, 2.05) is 87.4 Å². The molecule has 2 N–H and O–H groups in total. The summed E-state index contributed by atoms with van der Waals surface area (Å²) in [5, 5.41) is 2.85. The molecule has 2 aromatic rings. The maximum Gasteiger partial charge on any atom is 0.368 e. The van der Waals surface area contributed by atoms with E-state index in [-0.39, 0.29) is 17.5 Å². The van der Waals surface area contributed by atoms with Crippen LogP contribution in [0.2, 0.25) is 0 Å². The fraction of sp³-hybridized carbons (Fsp3) is 0.536. The minimum atomic E-state index is -5.01. The normalized spacial score (nSPS) is 12.7. The summed E-state index contributed by atoms with van der Waals surface area (Å²) < 4.78 is 42.3. The van der Waals surface area contributed by atoms with Crippen LogP contribution in [0, 0.1) is 0 Å². The van der Waals surface area contributed by atoms with Gasteiger partial charge in [-0.1, -0.05) is 87.4 Å². The lowest BCUT2D eigenvalue weighted by Gasteiger charge is -2.34. The van der Waals surface area contributed by atoms with Crippen LogP contribution in [-0.2, 0) is 21.1 Å². The smallest absolute Gasteiger partial charge is 0.368 e. The van der Waals surface area contributed by atoms with E-state index in [1.54, 1.807) is 12.1 Å². The average molecular weight is 519 g/mol. The van der Waals surface area contributed by atoms with Gasteiger partial charge in [-0.2, -0.15) is 12.7 Å². The monoisotopic (exact) mass is 518 g/mol. The van der Waals surface area contributed by atoms with E-state index in [4.69, 9.17) is 4.74 Å². The number of para-hydroxylation sites is 1. The summed E-state index contributed by atoms with van der Waals surface area (Å²) in [5.41, 5.74) is 2.41. The summed E-state index contributed by atoms with van der Waals surface area (Å²) in [5.74, 6) is 0.695. The van der Waals surface area contributed by atoms with Crippen molar-refractivity contribution >= 4 is 27.7 Å². The summed E-state index contributed by atoms with van der Waals surface area (Å²) in [6.07, 6.45) is 0. The molecule has 36 heavy (non-hydrogen) atoms. The fourth-order valence-corrected chi connectivity index (χ4v) is 4.95. The summed E-state index contributed by atoms with van der Waals surface area (Å²) in [6.45, 7) is 19.6. The number of amides is 2. The van der Waals surface area contributed by atoms with Crippen LogP contribution in [-0.4, -0.2) is 26.1 Å². The summed E-state index contributed by atoms with van der Waals surface area (Å²) in [7, 11) is -3.47. The Bertz CT molecular complexity index is 1160. The van der Waals surface area contributed by atoms with Crippen molar-refractivity contribution in [2.45, 2.75) is 91.9 Å². The van der Waals surface area contributed by atoms with Crippen LogP contribution in [0.15, 0.2) is 30.3 Å². The van der Waals surface area contributed by atoms with Crippen molar-refractivity contribution in [2.24, 2.45) is 0 Å². The number of nitrogens with zero attached hydrogens (tertiary/aromatic N) is 1. The molecule has 0 bridgehead atoms. The maximum atomic E-state index is 13.9. The van der Waals surface area contributed by atoms with Gasteiger partial charge in [0.25, 0.3) is 0 Å². The summed E-state index contributed by atoms with van der Waals surface area (Å²) in [6, 6.07) is 8.25. The highest BCUT2D eigenvalue weighted by atomic mass is 32.2. The molecule has 0 heterocycles. The van der Waals surface area contributed by atoms with E-state index in [9.17, 15) is 17.8 Å². The molecule has 2 aromatic carbocycles. The Balaban J connectivity index is 2.92. The zero-order chi connectivity index (χ0) is 27.8. The summed E-state index contributed by atoms with van der Waals surface area (Å²) in [4.78, 5) is 13.9. The Morgan fingerprint density at radius 2 is 1.33 bits per heavy atom. The zero-order valence-electron chi connectivity index (χ0n) is 23.5. The van der Waals surface area contributed by atoms with Crippen molar-refractivity contribution in [2.75, 3.05) is 16.7 Å². The van der Waals surface area contributed by atoms with Gasteiger partial charge in [0, 0.05) is 5.69 Å². The number of rotatable bonds is 6. The second kappa shape index (κ2) is 10.4. The van der Waals surface area contributed by atoms with Crippen molar-refractivity contribution in [3.8, 4) is 5.75 Å². The molecule has 0 unspecified atom stereocenters. The number of nitrogens with one attached hydrogen (secondary N) is 1. The zero-order valence-corrected chi connectivity index (χ0v) is 24.3. The predicted octanol–water partition coefficient (Wildman–Crippen LogP) is 7.38. The number of ether oxygens (including phenoxy) is 1. The molecule has 0 aliphatic rings. The van der Waals surface area contributed by atoms with Crippen LogP contribution in [0.3, 0.4) is 0 Å². The first kappa shape index (κ1) is 29.6. The van der Waals surface area contributed by atoms with E-state index >= 15 is 0 Å². The third-order valence-electron chi connectivity index (χ3n) is 6.16. The van der Waals surface area contributed by atoms with Gasteiger partial charge in [-0.15, -0.1) is 0 Å². The Morgan fingerprint density at radius 3 is 1.64 bits per heavy atom. The molecule has 2 rings (SSSR count). The van der Waals surface area contributed by atoms with E-state index in [1.165, 1.54) is 7.11 Å². The molecular weight excluding hydrogens is 476 g/mol. The molecule has 2 amide bonds. The van der Waals surface area contributed by atoms with E-state index < -0.39 is 27.2 Å². The molecule has 7 nitrogen and oxygen atoms in total. The van der Waals surface area contributed by atoms with E-state index in [0.717, 1.165) is 11.1 Å². The average Bonchev–Trinajstić information content (AvgIpc) is 2.70. The highest BCUT2D eigenvalue weighted by Gasteiger charge is 2.38. The number of hydrogen-bond acceptors (Lipinski definition) is 4. The van der Waals surface area contributed by atoms with Gasteiger partial charge in [0.05, 0.1) is 12.8 Å². The largest absolute Gasteiger partial charge is 0.497 e. The second-order valence-corrected chi connectivity index (χ2v) is 13.1. The van der Waals surface area contributed by atoms with Gasteiger partial charge < -0.3 is 10.1 Å². The Labute approximate surface area is 217 Å². The lowest BCUT2D eigenvalue weighted by Crippen LogP contribution is -2.43. The van der Waals surface area contributed by atoms with Crippen LogP contribution in [0.5, 0.6) is 5.75 Å². The SMILES string of the molecule is COc1cc(C(C)(C)C)c(N(C(=O)Nc2c(C(C)C)cccc2C(C)C)S(=O)(=O)O)c(C(C)(C)C)c1. The van der Waals surface area contributed by atoms with Gasteiger partial charge >= 0.3 is 16.3 Å². The van der Waals surface area contributed by atoms with Crippen molar-refractivity contribution in [1.82, 2.24) is 0 Å². The van der Waals surface area contributed by atoms with Gasteiger partial charge in [-0.05, 0) is 57.1 Å². The number of anilines is 2. The minimum Gasteiger partial charge on any atom is -0.497 e. The molecule has 0 saturated carbocycles. The van der Waals surface area contributed by atoms with Crippen LogP contribution in [0.25, 0.3) is 0 Å². The van der Waals surface area contributed by atoms with Crippen molar-refractivity contribution < 1.29 is 22.5 Å². The molecule has 0 spiro atoms. The van der Waals surface area contributed by atoms with Crippen LogP contribution in [0.1, 0.15) is 103 Å². The molecule has 0 aromatic heterocycles. The van der Waals surface area contributed by atoms with E-state index in [0.29, 0.717) is 26.9 Å². The molecule has 0 radical (unpaired) electrons. The van der Waals surface area contributed by atoms with Gasteiger partial charge in [-0.3, -0.25) is 4.55 Å². The number of benzene rings is 2. The first-order valence-corrected chi connectivity index (χ1v) is 13.6. The number of urea groups is 1. The summed E-state index contributed by atoms with van der Waals surface area (Å²) >= 11 is 0. The fourth-order valence-electron chi connectivity index (χ4n) is 4.26. The molecule has 0 aliphatic heterocycles. The van der Waals surface area contributed by atoms with Crippen molar-refractivity contribution in [3.05, 3.63) is 52.6 Å². The molecule has 0 atom stereocenters. The molecule has 0 aliphatic carbocycles. The predicted molar refractivity (Wildman–Crippen MR) is 148 cm³/mol. The quantitative estimate of drug-likeness (QED) is 0.389. The second-order valence-electron chi connectivity index (χ2n) is 11.9. The van der Waals surface area contributed by atoms with Crippen LogP contribution in [0.4, 0.5) is 16.2 Å². The Hall–Kier alpha value is -2.58. The number of carbonyl (C=O) groups is 1. The molecule has 0 fully saturated rings. The van der Waals surface area contributed by atoms with Gasteiger partial charge in [0.15, 0.2) is 0 Å². The Morgan fingerprint density at radius 1 is 0.917 bits per heavy atom. The number of hydrogen-bond donors (Lipinski definition) is 2. The number of methoxy groups -OCH3 is 1. The van der Waals surface area contributed by atoms with Crippen LogP contribution < -0.4 is 14.4 Å². The van der Waals surface area contributed by atoms with Gasteiger partial charge in [0.2, 0.25) is 0 Å². The number of carbonyl (C=O) groups excluding carboxylic acids is 1. The van der Waals surface area contributed by atoms with Crippen LogP contribution >= 0.6 is 0 Å². The lowest BCUT2D eigenvalue weighted by molar-refractivity contribution is 0.259. The van der Waals surface area contributed by atoms with Crippen molar-refractivity contribution in [3.63, 3.8) is 0 Å². The third kappa shape index (κ3) is 6.40. The minimum absolute atomic E-state index is 0.0782. The lowest BCUT2D eigenvalue weighted by atomic mass is 9.78.